The molecular formula is C31H49N11O9. The Bertz CT molecular complexity index is 1450. The lowest BCUT2D eigenvalue weighted by atomic mass is 10.0. The number of H-pyrrole nitrogens is 1. The fourth-order valence-corrected chi connectivity index (χ4v) is 5.18. The number of nitrogens with two attached hydrogens (primary N) is 2. The second-order valence-electron chi connectivity index (χ2n) is 12.7. The summed E-state index contributed by atoms with van der Waals surface area (Å²) in [5.74, 6) is -6.37. The predicted octanol–water partition coefficient (Wildman–Crippen LogP) is -4.05. The highest BCUT2D eigenvalue weighted by atomic mass is 16.2. The smallest absolute Gasteiger partial charge is 0.243 e. The van der Waals surface area contributed by atoms with Crippen molar-refractivity contribution >= 4 is 53.2 Å². The van der Waals surface area contributed by atoms with Crippen molar-refractivity contribution < 1.29 is 43.2 Å². The molecule has 1 aliphatic rings. The van der Waals surface area contributed by atoms with Gasteiger partial charge in [0, 0.05) is 38.2 Å². The molecule has 1 aromatic rings. The van der Waals surface area contributed by atoms with Crippen molar-refractivity contribution in [2.45, 2.75) is 103 Å². The van der Waals surface area contributed by atoms with Gasteiger partial charge in [0.05, 0.1) is 12.9 Å². The third kappa shape index (κ3) is 13.3. The first kappa shape index (κ1) is 41.6. The molecule has 0 radical (unpaired) electrons. The fraction of sp³-hybridized carbons (Fsp3) is 0.613. The van der Waals surface area contributed by atoms with Gasteiger partial charge >= 0.3 is 0 Å². The Labute approximate surface area is 294 Å². The van der Waals surface area contributed by atoms with Gasteiger partial charge in [-0.1, -0.05) is 13.8 Å². The minimum absolute atomic E-state index is 0.0110. The van der Waals surface area contributed by atoms with Gasteiger partial charge in [0.1, 0.15) is 36.3 Å². The average Bonchev–Trinajstić information content (AvgIpc) is 3.76. The molecule has 0 spiro atoms. The van der Waals surface area contributed by atoms with Crippen LogP contribution in [0.5, 0.6) is 0 Å². The zero-order valence-electron chi connectivity index (χ0n) is 29.4. The molecule has 6 unspecified atom stereocenters. The van der Waals surface area contributed by atoms with E-state index in [2.05, 4.69) is 41.9 Å². The molecule has 282 valence electrons. The van der Waals surface area contributed by atoms with Gasteiger partial charge in [-0.05, 0) is 39.0 Å². The highest BCUT2D eigenvalue weighted by Crippen LogP contribution is 2.18. The summed E-state index contributed by atoms with van der Waals surface area (Å²) in [5.41, 5.74) is 10.9. The van der Waals surface area contributed by atoms with E-state index < -0.39 is 96.0 Å². The fourth-order valence-electron chi connectivity index (χ4n) is 5.18. The van der Waals surface area contributed by atoms with Gasteiger partial charge in [0.25, 0.3) is 0 Å². The first-order valence-corrected chi connectivity index (χ1v) is 16.5. The normalized spacial score (nSPS) is 16.8. The number of imidazole rings is 1. The van der Waals surface area contributed by atoms with Crippen LogP contribution in [0.4, 0.5) is 0 Å². The van der Waals surface area contributed by atoms with Gasteiger partial charge in [0.2, 0.25) is 53.2 Å². The molecule has 51 heavy (non-hydrogen) atoms. The van der Waals surface area contributed by atoms with Crippen LogP contribution < -0.4 is 43.4 Å². The lowest BCUT2D eigenvalue weighted by Crippen LogP contribution is -2.58. The Morgan fingerprint density at radius 3 is 2.08 bits per heavy atom. The third-order valence-electron chi connectivity index (χ3n) is 8.06. The number of aromatic amines is 1. The quantitative estimate of drug-likeness (QED) is 0.0666. The lowest BCUT2D eigenvalue weighted by Gasteiger charge is -2.27. The van der Waals surface area contributed by atoms with Crippen LogP contribution in [-0.2, 0) is 49.6 Å². The summed E-state index contributed by atoms with van der Waals surface area (Å²) >= 11 is 0. The summed E-state index contributed by atoms with van der Waals surface area (Å²) in [6.45, 7) is 7.11. The molecule has 20 heteroatoms. The molecule has 2 rings (SSSR count). The molecule has 1 fully saturated rings. The standard InChI is InChI=1S/C31H49N11O9/c1-15(2)25(39-18(5)43)31(51)41-21(11-19-12-34-14-36-19)29(49)38-17(4)27(47)35-13-24(45)42-10-6-7-22(42)30(50)40-20(8-9-23(32)44)28(48)37-16(3)26(33)46/h12,14-17,20-22,25H,6-11,13H2,1-5H3,(H2,32,44)(H2,33,46)(H,34,36)(H,35,47)(H,37,48)(H,38,49)(H,39,43)(H,40,50)(H,41,51). The number of amides is 9. The van der Waals surface area contributed by atoms with Crippen LogP contribution in [-0.4, -0.2) is 117 Å². The Morgan fingerprint density at radius 1 is 0.863 bits per heavy atom. The summed E-state index contributed by atoms with van der Waals surface area (Å²) in [6, 6.07) is -6.56. The van der Waals surface area contributed by atoms with E-state index in [1.165, 1.54) is 38.2 Å². The van der Waals surface area contributed by atoms with Crippen molar-refractivity contribution in [2.75, 3.05) is 13.1 Å². The average molecular weight is 720 g/mol. The summed E-state index contributed by atoms with van der Waals surface area (Å²) in [5, 5.41) is 15.0. The van der Waals surface area contributed by atoms with Crippen LogP contribution in [0.2, 0.25) is 0 Å². The number of primary amides is 2. The van der Waals surface area contributed by atoms with Crippen molar-refractivity contribution in [3.63, 3.8) is 0 Å². The number of hydrogen-bond acceptors (Lipinski definition) is 10. The number of likely N-dealkylation sites (tertiary alicyclic amines) is 1. The molecule has 0 aliphatic carbocycles. The van der Waals surface area contributed by atoms with E-state index in [1.54, 1.807) is 13.8 Å². The number of carbonyl (C=O) groups is 9. The minimum atomic E-state index is -1.25. The molecule has 0 aromatic carbocycles. The second kappa shape index (κ2) is 19.6. The summed E-state index contributed by atoms with van der Waals surface area (Å²) < 4.78 is 0. The van der Waals surface area contributed by atoms with Crippen molar-refractivity contribution in [3.05, 3.63) is 18.2 Å². The van der Waals surface area contributed by atoms with E-state index in [0.717, 1.165) is 0 Å². The van der Waals surface area contributed by atoms with Crippen molar-refractivity contribution in [3.8, 4) is 0 Å². The van der Waals surface area contributed by atoms with Gasteiger partial charge in [-0.2, -0.15) is 0 Å². The first-order chi connectivity index (χ1) is 23.9. The Morgan fingerprint density at radius 2 is 1.51 bits per heavy atom. The maximum atomic E-state index is 13.3. The van der Waals surface area contributed by atoms with Crippen LogP contribution in [0.25, 0.3) is 0 Å². The number of nitrogens with zero attached hydrogens (tertiary/aromatic N) is 2. The molecule has 11 N–H and O–H groups in total. The number of nitrogens with one attached hydrogen (secondary N) is 7. The Balaban J connectivity index is 2.03. The van der Waals surface area contributed by atoms with E-state index in [1.807, 2.05) is 0 Å². The predicted molar refractivity (Wildman–Crippen MR) is 179 cm³/mol. The SMILES string of the molecule is CC(=O)NC(C(=O)NC(Cc1cnc[nH]1)C(=O)NC(C)C(=O)NCC(=O)N1CCCC1C(=O)NC(CCC(N)=O)C(=O)NC(C)C(N)=O)C(C)C. The monoisotopic (exact) mass is 719 g/mol. The van der Waals surface area contributed by atoms with Crippen molar-refractivity contribution in [1.29, 1.82) is 0 Å². The lowest BCUT2D eigenvalue weighted by molar-refractivity contribution is -0.140. The van der Waals surface area contributed by atoms with Gasteiger partial charge < -0.3 is 53.3 Å². The zero-order valence-corrected chi connectivity index (χ0v) is 29.4. The van der Waals surface area contributed by atoms with E-state index in [-0.39, 0.29) is 38.1 Å². The summed E-state index contributed by atoms with van der Waals surface area (Å²) in [7, 11) is 0. The highest BCUT2D eigenvalue weighted by molar-refractivity contribution is 5.97. The molecule has 0 bridgehead atoms. The van der Waals surface area contributed by atoms with E-state index in [0.29, 0.717) is 12.1 Å². The van der Waals surface area contributed by atoms with Gasteiger partial charge in [-0.25, -0.2) is 4.98 Å². The number of carbonyl (C=O) groups excluding carboxylic acids is 9. The maximum absolute atomic E-state index is 13.3. The Kier molecular flexibility index (Phi) is 16.0. The minimum Gasteiger partial charge on any atom is -0.370 e. The Hall–Kier alpha value is -5.56. The topological polar surface area (TPSA) is 310 Å². The molecule has 1 saturated heterocycles. The van der Waals surface area contributed by atoms with Crippen LogP contribution >= 0.6 is 0 Å². The number of rotatable bonds is 19. The van der Waals surface area contributed by atoms with Crippen molar-refractivity contribution in [2.24, 2.45) is 17.4 Å². The molecule has 1 aromatic heterocycles. The summed E-state index contributed by atoms with van der Waals surface area (Å²) in [4.78, 5) is 121. The van der Waals surface area contributed by atoms with Crippen LogP contribution in [0, 0.1) is 5.92 Å². The highest BCUT2D eigenvalue weighted by Gasteiger charge is 2.37. The first-order valence-electron chi connectivity index (χ1n) is 16.5. The van der Waals surface area contributed by atoms with Crippen molar-refractivity contribution in [1.82, 2.24) is 46.8 Å². The number of aromatic nitrogens is 2. The van der Waals surface area contributed by atoms with Crippen LogP contribution in [0.1, 0.15) is 66.0 Å². The molecule has 1 aliphatic heterocycles. The van der Waals surface area contributed by atoms with E-state index in [4.69, 9.17) is 11.5 Å². The third-order valence-corrected chi connectivity index (χ3v) is 8.06. The molecule has 6 atom stereocenters. The summed E-state index contributed by atoms with van der Waals surface area (Å²) in [6.07, 6.45) is 3.14. The van der Waals surface area contributed by atoms with E-state index >= 15 is 0 Å². The van der Waals surface area contributed by atoms with Gasteiger partial charge in [0.15, 0.2) is 0 Å². The maximum Gasteiger partial charge on any atom is 0.243 e. The largest absolute Gasteiger partial charge is 0.370 e. The van der Waals surface area contributed by atoms with Crippen LogP contribution in [0.15, 0.2) is 12.5 Å². The zero-order chi connectivity index (χ0) is 38.4. The molecule has 2 heterocycles. The van der Waals surface area contributed by atoms with Gasteiger partial charge in [-0.15, -0.1) is 0 Å². The second-order valence-corrected chi connectivity index (χ2v) is 12.7. The van der Waals surface area contributed by atoms with E-state index in [9.17, 15) is 43.2 Å². The number of hydrogen-bond donors (Lipinski definition) is 9. The molecular weight excluding hydrogens is 670 g/mol. The van der Waals surface area contributed by atoms with Gasteiger partial charge in [-0.3, -0.25) is 43.2 Å². The molecule has 20 nitrogen and oxygen atoms in total. The van der Waals surface area contributed by atoms with Crippen LogP contribution in [0.3, 0.4) is 0 Å². The molecule has 9 amide bonds. The molecule has 0 saturated carbocycles.